The fraction of sp³-hybridized carbons (Fsp3) is 0.133. The van der Waals surface area contributed by atoms with Crippen molar-refractivity contribution < 1.29 is 9.32 Å². The van der Waals surface area contributed by atoms with Crippen LogP contribution in [-0.4, -0.2) is 27.0 Å². The number of anilines is 1. The molecule has 1 aromatic carbocycles. The van der Waals surface area contributed by atoms with Gasteiger partial charge in [0.25, 0.3) is 5.91 Å². The highest BCUT2D eigenvalue weighted by Gasteiger charge is 2.16. The zero-order valence-corrected chi connectivity index (χ0v) is 13.9. The first kappa shape index (κ1) is 16.2. The van der Waals surface area contributed by atoms with Crippen LogP contribution in [0.1, 0.15) is 16.9 Å². The van der Waals surface area contributed by atoms with Crippen LogP contribution in [0.2, 0.25) is 0 Å². The number of hydrogen-bond donors (Lipinski definition) is 1. The van der Waals surface area contributed by atoms with E-state index in [1.165, 1.54) is 23.1 Å². The van der Waals surface area contributed by atoms with E-state index in [1.807, 2.05) is 30.3 Å². The maximum absolute atomic E-state index is 12.2. The average Bonchev–Trinajstić information content (AvgIpc) is 3.26. The minimum absolute atomic E-state index is 0.169. The van der Waals surface area contributed by atoms with E-state index in [0.717, 1.165) is 5.56 Å². The van der Waals surface area contributed by atoms with Crippen molar-refractivity contribution in [2.24, 2.45) is 0 Å². The fourth-order valence-electron chi connectivity index (χ4n) is 1.78. The lowest BCUT2D eigenvalue weighted by molar-refractivity contribution is 0.101. The number of carbonyl (C=O) groups is 1. The molecule has 0 saturated carbocycles. The molecule has 1 N–H and O–H groups in total. The Bertz CT molecular complexity index is 869. The molecule has 9 heteroatoms. The predicted molar refractivity (Wildman–Crippen MR) is 90.8 cm³/mol. The van der Waals surface area contributed by atoms with Crippen molar-refractivity contribution >= 4 is 34.1 Å². The second-order valence-electron chi connectivity index (χ2n) is 4.53. The highest BCUT2D eigenvalue weighted by molar-refractivity contribution is 8.01. The molecule has 2 heterocycles. The lowest BCUT2D eigenvalue weighted by atomic mass is 10.1. The molecule has 0 spiro atoms. The number of carbonyl (C=O) groups excluding carboxylic acids is 1. The summed E-state index contributed by atoms with van der Waals surface area (Å²) in [6, 6.07) is 13.0. The molecule has 3 aromatic rings. The van der Waals surface area contributed by atoms with Gasteiger partial charge in [-0.1, -0.05) is 58.6 Å². The second-order valence-corrected chi connectivity index (χ2v) is 6.85. The van der Waals surface area contributed by atoms with Gasteiger partial charge in [0.15, 0.2) is 15.8 Å². The van der Waals surface area contributed by atoms with Gasteiger partial charge in [-0.25, -0.2) is 0 Å². The molecule has 0 aliphatic carbocycles. The zero-order chi connectivity index (χ0) is 16.8. The van der Waals surface area contributed by atoms with Crippen LogP contribution in [0.4, 0.5) is 5.13 Å². The summed E-state index contributed by atoms with van der Waals surface area (Å²) in [4.78, 5) is 12.2. The van der Waals surface area contributed by atoms with Crippen molar-refractivity contribution in [2.75, 3.05) is 11.1 Å². The predicted octanol–water partition coefficient (Wildman–Crippen LogP) is 3.45. The highest BCUT2D eigenvalue weighted by atomic mass is 32.2. The second kappa shape index (κ2) is 7.72. The van der Waals surface area contributed by atoms with Crippen LogP contribution in [0.5, 0.6) is 0 Å². The number of thioether (sulfide) groups is 1. The molecule has 7 nitrogen and oxygen atoms in total. The first-order valence-corrected chi connectivity index (χ1v) is 8.73. The molecule has 0 atom stereocenters. The summed E-state index contributed by atoms with van der Waals surface area (Å²) in [6.07, 6.45) is 0.438. The van der Waals surface area contributed by atoms with Crippen LogP contribution in [0.3, 0.4) is 0 Å². The molecular formula is C15H11N5O2S2. The van der Waals surface area contributed by atoms with Gasteiger partial charge in [-0.2, -0.15) is 5.26 Å². The molecule has 0 aliphatic rings. The molecule has 3 rings (SSSR count). The number of benzene rings is 1. The maximum Gasteiger partial charge on any atom is 0.279 e. The third-order valence-corrected chi connectivity index (χ3v) is 4.84. The largest absolute Gasteiger partial charge is 0.355 e. The first-order chi connectivity index (χ1) is 11.8. The van der Waals surface area contributed by atoms with Crippen molar-refractivity contribution in [2.45, 2.75) is 10.8 Å². The van der Waals surface area contributed by atoms with Gasteiger partial charge in [0, 0.05) is 23.8 Å². The van der Waals surface area contributed by atoms with E-state index in [0.29, 0.717) is 27.4 Å². The number of nitriles is 1. The number of aromatic nitrogens is 3. The first-order valence-electron chi connectivity index (χ1n) is 6.93. The molecular weight excluding hydrogens is 346 g/mol. The summed E-state index contributed by atoms with van der Waals surface area (Å²) < 4.78 is 5.90. The lowest BCUT2D eigenvalue weighted by Crippen LogP contribution is -2.11. The molecule has 1 amide bonds. The van der Waals surface area contributed by atoms with E-state index >= 15 is 0 Å². The number of amides is 1. The van der Waals surface area contributed by atoms with E-state index in [1.54, 1.807) is 6.07 Å². The van der Waals surface area contributed by atoms with Crippen LogP contribution < -0.4 is 5.32 Å². The molecule has 120 valence electrons. The third-order valence-electron chi connectivity index (χ3n) is 2.87. The topological polar surface area (TPSA) is 105 Å². The van der Waals surface area contributed by atoms with Crippen molar-refractivity contribution in [3.8, 4) is 17.4 Å². The lowest BCUT2D eigenvalue weighted by Gasteiger charge is -1.95. The van der Waals surface area contributed by atoms with Crippen LogP contribution in [0, 0.1) is 11.3 Å². The normalized spacial score (nSPS) is 10.3. The smallest absolute Gasteiger partial charge is 0.279 e. The van der Waals surface area contributed by atoms with E-state index in [9.17, 15) is 4.79 Å². The summed E-state index contributed by atoms with van der Waals surface area (Å²) >= 11 is 2.68. The molecule has 0 fully saturated rings. The third kappa shape index (κ3) is 3.98. The zero-order valence-electron chi connectivity index (χ0n) is 12.3. The van der Waals surface area contributed by atoms with Gasteiger partial charge in [0.2, 0.25) is 5.13 Å². The molecule has 24 heavy (non-hydrogen) atoms. The SMILES string of the molecule is N#CCCSc1nnc(NC(=O)c2cc(-c3ccccc3)on2)s1. The summed E-state index contributed by atoms with van der Waals surface area (Å²) in [5.74, 6) is 0.749. The number of hydrogen-bond acceptors (Lipinski definition) is 8. The number of nitrogens with one attached hydrogen (secondary N) is 1. The van der Waals surface area contributed by atoms with Crippen LogP contribution in [0.15, 0.2) is 45.3 Å². The standard InChI is InChI=1S/C15H11N5O2S2/c16-7-4-8-23-15-19-18-14(24-15)17-13(21)11-9-12(22-20-11)10-5-2-1-3-6-10/h1-3,5-6,9H,4,8H2,(H,17,18,21). The Morgan fingerprint density at radius 2 is 2.17 bits per heavy atom. The Morgan fingerprint density at radius 1 is 1.33 bits per heavy atom. The molecule has 0 aliphatic heterocycles. The molecule has 0 bridgehead atoms. The van der Waals surface area contributed by atoms with E-state index < -0.39 is 5.91 Å². The highest BCUT2D eigenvalue weighted by Crippen LogP contribution is 2.26. The van der Waals surface area contributed by atoms with E-state index in [2.05, 4.69) is 26.7 Å². The van der Waals surface area contributed by atoms with Crippen molar-refractivity contribution in [3.05, 3.63) is 42.1 Å². The van der Waals surface area contributed by atoms with E-state index in [4.69, 9.17) is 9.78 Å². The van der Waals surface area contributed by atoms with Gasteiger partial charge in [-0.3, -0.25) is 10.1 Å². The van der Waals surface area contributed by atoms with Gasteiger partial charge in [-0.15, -0.1) is 10.2 Å². The Balaban J connectivity index is 1.63. The number of nitrogens with zero attached hydrogens (tertiary/aromatic N) is 4. The minimum Gasteiger partial charge on any atom is -0.355 e. The summed E-state index contributed by atoms with van der Waals surface area (Å²) in [5, 5.41) is 23.2. The van der Waals surface area contributed by atoms with Crippen LogP contribution >= 0.6 is 23.1 Å². The molecule has 0 radical (unpaired) electrons. The van der Waals surface area contributed by atoms with Gasteiger partial charge in [0.05, 0.1) is 6.07 Å². The van der Waals surface area contributed by atoms with Gasteiger partial charge < -0.3 is 4.52 Å². The Hall–Kier alpha value is -2.70. The Labute approximate surface area is 145 Å². The van der Waals surface area contributed by atoms with Gasteiger partial charge >= 0.3 is 0 Å². The van der Waals surface area contributed by atoms with Crippen LogP contribution in [-0.2, 0) is 0 Å². The fourth-order valence-corrected chi connectivity index (χ4v) is 3.45. The van der Waals surface area contributed by atoms with Gasteiger partial charge in [-0.05, 0) is 0 Å². The van der Waals surface area contributed by atoms with E-state index in [-0.39, 0.29) is 5.69 Å². The van der Waals surface area contributed by atoms with Crippen molar-refractivity contribution in [1.82, 2.24) is 15.4 Å². The van der Waals surface area contributed by atoms with Crippen molar-refractivity contribution in [1.29, 1.82) is 5.26 Å². The van der Waals surface area contributed by atoms with Crippen molar-refractivity contribution in [3.63, 3.8) is 0 Å². The summed E-state index contributed by atoms with van der Waals surface area (Å²) in [5.41, 5.74) is 1.01. The minimum atomic E-state index is -0.411. The molecule has 0 saturated heterocycles. The van der Waals surface area contributed by atoms with Crippen LogP contribution in [0.25, 0.3) is 11.3 Å². The quantitative estimate of drug-likeness (QED) is 0.409. The Kier molecular flexibility index (Phi) is 5.20. The summed E-state index contributed by atoms with van der Waals surface area (Å²) in [7, 11) is 0. The Morgan fingerprint density at radius 3 is 2.96 bits per heavy atom. The monoisotopic (exact) mass is 357 g/mol. The number of rotatable bonds is 6. The molecule has 2 aromatic heterocycles. The average molecular weight is 357 g/mol. The van der Waals surface area contributed by atoms with Gasteiger partial charge in [0.1, 0.15) is 0 Å². The summed E-state index contributed by atoms with van der Waals surface area (Å²) in [6.45, 7) is 0. The molecule has 0 unspecified atom stereocenters. The maximum atomic E-state index is 12.2.